The van der Waals surface area contributed by atoms with Crippen LogP contribution in [-0.4, -0.2) is 26.0 Å². The number of nitrogens with one attached hydrogen (secondary N) is 1. The standard InChI is InChI=1S/C21H19F2NO5S2/c22-21(23,31(27,28)29)30(25,26)24-20-13-7-12-18(14-16-8-3-1-4-9-16)19(20)15-17-10-5-2-6-11-17/h1-13,24H,14-15H2,(H,27,28,29). The first-order valence-electron chi connectivity index (χ1n) is 9.07. The maximum absolute atomic E-state index is 13.9. The summed E-state index contributed by atoms with van der Waals surface area (Å²) in [5.41, 5.74) is 2.60. The van der Waals surface area contributed by atoms with Crippen molar-refractivity contribution in [3.8, 4) is 0 Å². The molecule has 0 unspecified atom stereocenters. The molecule has 6 nitrogen and oxygen atoms in total. The van der Waals surface area contributed by atoms with Crippen LogP contribution >= 0.6 is 0 Å². The second-order valence-electron chi connectivity index (χ2n) is 6.81. The Hall–Kier alpha value is -2.82. The first-order valence-corrected chi connectivity index (χ1v) is 12.0. The van der Waals surface area contributed by atoms with Crippen molar-refractivity contribution in [3.63, 3.8) is 0 Å². The third-order valence-corrected chi connectivity index (χ3v) is 7.60. The molecule has 0 aliphatic carbocycles. The van der Waals surface area contributed by atoms with Gasteiger partial charge >= 0.3 is 24.7 Å². The van der Waals surface area contributed by atoms with E-state index in [1.54, 1.807) is 41.1 Å². The number of alkyl halides is 2. The Bertz CT molecular complexity index is 1260. The number of benzene rings is 3. The van der Waals surface area contributed by atoms with Gasteiger partial charge in [-0.3, -0.25) is 9.27 Å². The molecule has 2 N–H and O–H groups in total. The Labute approximate surface area is 179 Å². The summed E-state index contributed by atoms with van der Waals surface area (Å²) in [5.74, 6) is 0. The fourth-order valence-electron chi connectivity index (χ4n) is 3.06. The highest BCUT2D eigenvalue weighted by molar-refractivity contribution is 8.08. The van der Waals surface area contributed by atoms with Gasteiger partial charge in [-0.1, -0.05) is 72.8 Å². The van der Waals surface area contributed by atoms with Crippen molar-refractivity contribution in [2.24, 2.45) is 0 Å². The van der Waals surface area contributed by atoms with Gasteiger partial charge in [0.25, 0.3) is 0 Å². The highest BCUT2D eigenvalue weighted by Crippen LogP contribution is 2.32. The fourth-order valence-corrected chi connectivity index (χ4v) is 4.90. The number of rotatable bonds is 8. The van der Waals surface area contributed by atoms with Gasteiger partial charge in [-0.2, -0.15) is 25.6 Å². The average molecular weight is 468 g/mol. The summed E-state index contributed by atoms with van der Waals surface area (Å²) in [5, 5.41) is 0. The lowest BCUT2D eigenvalue weighted by atomic mass is 9.94. The largest absolute Gasteiger partial charge is 0.489 e. The Morgan fingerprint density at radius 2 is 1.26 bits per heavy atom. The van der Waals surface area contributed by atoms with E-state index in [-0.39, 0.29) is 12.1 Å². The van der Waals surface area contributed by atoms with E-state index < -0.39 is 24.7 Å². The van der Waals surface area contributed by atoms with Gasteiger partial charge in [0.15, 0.2) is 0 Å². The quantitative estimate of drug-likeness (QED) is 0.487. The Kier molecular flexibility index (Phi) is 6.44. The number of hydrogen-bond donors (Lipinski definition) is 2. The third kappa shape index (κ3) is 5.09. The predicted molar refractivity (Wildman–Crippen MR) is 114 cm³/mol. The van der Waals surface area contributed by atoms with Gasteiger partial charge < -0.3 is 0 Å². The molecule has 0 fully saturated rings. The monoisotopic (exact) mass is 467 g/mol. The Morgan fingerprint density at radius 3 is 1.77 bits per heavy atom. The second-order valence-corrected chi connectivity index (χ2v) is 10.3. The summed E-state index contributed by atoms with van der Waals surface area (Å²) in [6.07, 6.45) is 0.604. The highest BCUT2D eigenvalue weighted by Gasteiger charge is 2.58. The van der Waals surface area contributed by atoms with Gasteiger partial charge in [0, 0.05) is 0 Å². The molecular formula is C21H19F2NO5S2. The van der Waals surface area contributed by atoms with Crippen LogP contribution in [0.25, 0.3) is 0 Å². The molecule has 0 atom stereocenters. The van der Waals surface area contributed by atoms with E-state index in [4.69, 9.17) is 4.55 Å². The molecule has 3 aromatic carbocycles. The lowest BCUT2D eigenvalue weighted by Crippen LogP contribution is -2.41. The molecule has 10 heteroatoms. The van der Waals surface area contributed by atoms with Crippen molar-refractivity contribution in [1.29, 1.82) is 0 Å². The maximum Gasteiger partial charge on any atom is 0.489 e. The summed E-state index contributed by atoms with van der Waals surface area (Å²) in [6, 6.07) is 22.7. The summed E-state index contributed by atoms with van der Waals surface area (Å²) in [7, 11) is -12.0. The van der Waals surface area contributed by atoms with Crippen LogP contribution in [-0.2, 0) is 33.0 Å². The molecule has 0 aromatic heterocycles. The van der Waals surface area contributed by atoms with Crippen molar-refractivity contribution >= 4 is 25.8 Å². The first-order chi connectivity index (χ1) is 14.5. The van der Waals surface area contributed by atoms with Crippen molar-refractivity contribution in [1.82, 2.24) is 0 Å². The Morgan fingerprint density at radius 1 is 0.742 bits per heavy atom. The molecule has 164 valence electrons. The van der Waals surface area contributed by atoms with Crippen molar-refractivity contribution in [3.05, 3.63) is 101 Å². The first kappa shape index (κ1) is 22.9. The van der Waals surface area contributed by atoms with Gasteiger partial charge in [0.05, 0.1) is 5.69 Å². The van der Waals surface area contributed by atoms with E-state index in [1.807, 2.05) is 30.3 Å². The van der Waals surface area contributed by atoms with Gasteiger partial charge in [0.2, 0.25) is 0 Å². The SMILES string of the molecule is O=S(=O)(O)C(F)(F)S(=O)(=O)Nc1cccc(Cc2ccccc2)c1Cc1ccccc1. The minimum absolute atomic E-state index is 0.194. The van der Waals surface area contributed by atoms with Crippen LogP contribution < -0.4 is 4.72 Å². The molecule has 0 radical (unpaired) electrons. The number of anilines is 1. The lowest BCUT2D eigenvalue weighted by molar-refractivity contribution is 0.167. The number of hydrogen-bond acceptors (Lipinski definition) is 4. The molecule has 0 saturated heterocycles. The van der Waals surface area contributed by atoms with E-state index in [1.165, 1.54) is 12.1 Å². The number of sulfonamides is 1. The van der Waals surface area contributed by atoms with Crippen molar-refractivity contribution in [2.45, 2.75) is 17.4 Å². The van der Waals surface area contributed by atoms with Crippen LogP contribution in [0, 0.1) is 0 Å². The van der Waals surface area contributed by atoms with E-state index in [9.17, 15) is 25.6 Å². The predicted octanol–water partition coefficient (Wildman–Crippen LogP) is 4.05. The molecule has 0 bridgehead atoms. The molecule has 0 aliphatic rings. The molecule has 3 rings (SSSR count). The van der Waals surface area contributed by atoms with Crippen LogP contribution in [0.3, 0.4) is 0 Å². The van der Waals surface area contributed by atoms with E-state index in [2.05, 4.69) is 0 Å². The molecule has 0 amide bonds. The fraction of sp³-hybridized carbons (Fsp3) is 0.143. The van der Waals surface area contributed by atoms with Gasteiger partial charge in [-0.25, -0.2) is 0 Å². The maximum atomic E-state index is 13.9. The molecule has 0 aliphatic heterocycles. The van der Waals surface area contributed by atoms with Crippen LogP contribution in [0.2, 0.25) is 0 Å². The average Bonchev–Trinajstić information content (AvgIpc) is 2.71. The molecule has 0 heterocycles. The van der Waals surface area contributed by atoms with E-state index in [0.717, 1.165) is 11.1 Å². The molecule has 3 aromatic rings. The summed E-state index contributed by atoms with van der Waals surface area (Å²) >= 11 is 0. The molecule has 0 saturated carbocycles. The smallest absolute Gasteiger partial charge is 0.280 e. The normalized spacial score (nSPS) is 12.5. The van der Waals surface area contributed by atoms with Gasteiger partial charge in [0.1, 0.15) is 0 Å². The summed E-state index contributed by atoms with van der Waals surface area (Å²) in [6.45, 7) is 0. The van der Waals surface area contributed by atoms with Crippen molar-refractivity contribution in [2.75, 3.05) is 4.72 Å². The summed E-state index contributed by atoms with van der Waals surface area (Å²) in [4.78, 5) is 0. The zero-order chi connectivity index (χ0) is 22.7. The second kappa shape index (κ2) is 8.74. The summed E-state index contributed by atoms with van der Waals surface area (Å²) < 4.78 is 79.0. The van der Waals surface area contributed by atoms with Crippen LogP contribution in [0.4, 0.5) is 14.5 Å². The zero-order valence-electron chi connectivity index (χ0n) is 16.1. The van der Waals surface area contributed by atoms with Gasteiger partial charge in [-0.15, -0.1) is 0 Å². The van der Waals surface area contributed by atoms with E-state index in [0.29, 0.717) is 17.5 Å². The van der Waals surface area contributed by atoms with Crippen LogP contribution in [0.1, 0.15) is 22.3 Å². The lowest BCUT2D eigenvalue weighted by Gasteiger charge is -2.19. The minimum atomic E-state index is -6.19. The van der Waals surface area contributed by atoms with Crippen molar-refractivity contribution < 1.29 is 30.2 Å². The molecule has 31 heavy (non-hydrogen) atoms. The highest BCUT2D eigenvalue weighted by atomic mass is 32.3. The van der Waals surface area contributed by atoms with Gasteiger partial charge in [-0.05, 0) is 41.2 Å². The van der Waals surface area contributed by atoms with E-state index >= 15 is 0 Å². The third-order valence-electron chi connectivity index (χ3n) is 4.59. The van der Waals surface area contributed by atoms with Crippen LogP contribution in [0.5, 0.6) is 0 Å². The molecular weight excluding hydrogens is 448 g/mol. The Balaban J connectivity index is 2.08. The topological polar surface area (TPSA) is 101 Å². The van der Waals surface area contributed by atoms with Crippen LogP contribution in [0.15, 0.2) is 78.9 Å². The molecule has 0 spiro atoms. The zero-order valence-corrected chi connectivity index (χ0v) is 17.7. The minimum Gasteiger partial charge on any atom is -0.280 e. The number of halogens is 2.